The number of hydrogen-bond donors (Lipinski definition) is 0. The molecule has 2 rings (SSSR count). The van der Waals surface area contributed by atoms with Crippen molar-refractivity contribution in [2.24, 2.45) is 7.05 Å². The standard InChI is InChI=1S/C13H13N3O2.C2H6.CH4/c1-16-9-10(7-15-16)4-5-12-13(18-3)6-11(17-2)8-14-12;1-2;/h6-9H,1-3H3;1-2H3;1H4. The van der Waals surface area contributed by atoms with Gasteiger partial charge < -0.3 is 9.47 Å². The maximum Gasteiger partial charge on any atom is 0.156 e. The summed E-state index contributed by atoms with van der Waals surface area (Å²) in [5, 5.41) is 4.04. The lowest BCUT2D eigenvalue weighted by Crippen LogP contribution is -1.93. The monoisotopic (exact) mass is 289 g/mol. The van der Waals surface area contributed by atoms with Crippen LogP contribution in [0.15, 0.2) is 24.7 Å². The molecule has 2 aromatic heterocycles. The van der Waals surface area contributed by atoms with Crippen LogP contribution in [0.1, 0.15) is 32.5 Å². The minimum atomic E-state index is 0. The molecule has 0 saturated carbocycles. The molecule has 114 valence electrons. The Labute approximate surface area is 126 Å². The molecule has 21 heavy (non-hydrogen) atoms. The van der Waals surface area contributed by atoms with Crippen molar-refractivity contribution in [3.05, 3.63) is 35.9 Å². The maximum atomic E-state index is 5.22. The highest BCUT2D eigenvalue weighted by molar-refractivity contribution is 5.47. The van der Waals surface area contributed by atoms with E-state index < -0.39 is 0 Å². The normalized spacial score (nSPS) is 8.43. The Hall–Kier alpha value is -2.48. The van der Waals surface area contributed by atoms with E-state index in [0.29, 0.717) is 17.2 Å². The Balaban J connectivity index is 0.00000128. The number of pyridine rings is 1. The second-order valence-corrected chi connectivity index (χ2v) is 3.58. The first-order valence-electron chi connectivity index (χ1n) is 6.31. The number of aryl methyl sites for hydroxylation is 1. The molecule has 0 fully saturated rings. The fraction of sp³-hybridized carbons (Fsp3) is 0.375. The Morgan fingerprint density at radius 3 is 2.33 bits per heavy atom. The van der Waals surface area contributed by atoms with Gasteiger partial charge in [-0.3, -0.25) is 4.68 Å². The van der Waals surface area contributed by atoms with Gasteiger partial charge in [0.2, 0.25) is 0 Å². The molecule has 0 amide bonds. The van der Waals surface area contributed by atoms with Crippen LogP contribution < -0.4 is 9.47 Å². The smallest absolute Gasteiger partial charge is 0.156 e. The quantitative estimate of drug-likeness (QED) is 0.798. The van der Waals surface area contributed by atoms with Crippen molar-refractivity contribution >= 4 is 0 Å². The Bertz CT molecular complexity index is 609. The van der Waals surface area contributed by atoms with Crippen LogP contribution in [0.4, 0.5) is 0 Å². The minimum absolute atomic E-state index is 0. The predicted octanol–water partition coefficient (Wildman–Crippen LogP) is 2.89. The Morgan fingerprint density at radius 1 is 1.10 bits per heavy atom. The summed E-state index contributed by atoms with van der Waals surface area (Å²) in [6.07, 6.45) is 5.14. The average Bonchev–Trinajstić information content (AvgIpc) is 2.92. The van der Waals surface area contributed by atoms with E-state index in [-0.39, 0.29) is 7.43 Å². The van der Waals surface area contributed by atoms with Gasteiger partial charge >= 0.3 is 0 Å². The molecule has 0 unspecified atom stereocenters. The Kier molecular flexibility index (Phi) is 8.31. The molecule has 0 aliphatic rings. The molecule has 0 saturated heterocycles. The molecule has 0 radical (unpaired) electrons. The predicted molar refractivity (Wildman–Crippen MR) is 84.6 cm³/mol. The van der Waals surface area contributed by atoms with Crippen molar-refractivity contribution in [1.29, 1.82) is 0 Å². The molecule has 0 aliphatic heterocycles. The van der Waals surface area contributed by atoms with Crippen molar-refractivity contribution in [3.8, 4) is 23.3 Å². The summed E-state index contributed by atoms with van der Waals surface area (Å²) in [6.45, 7) is 4.00. The van der Waals surface area contributed by atoms with Gasteiger partial charge in [0.1, 0.15) is 5.75 Å². The second kappa shape index (κ2) is 9.43. The largest absolute Gasteiger partial charge is 0.495 e. The van der Waals surface area contributed by atoms with Gasteiger partial charge in [-0.05, 0) is 5.92 Å². The average molecular weight is 289 g/mol. The first-order valence-corrected chi connectivity index (χ1v) is 6.31. The summed E-state index contributed by atoms with van der Waals surface area (Å²) in [4.78, 5) is 4.19. The third-order valence-electron chi connectivity index (χ3n) is 2.31. The number of aromatic nitrogens is 3. The van der Waals surface area contributed by atoms with Crippen molar-refractivity contribution in [2.75, 3.05) is 14.2 Å². The van der Waals surface area contributed by atoms with E-state index in [1.54, 1.807) is 37.4 Å². The molecule has 0 aliphatic carbocycles. The molecular weight excluding hydrogens is 266 g/mol. The van der Waals surface area contributed by atoms with Crippen LogP contribution in [0.25, 0.3) is 0 Å². The molecule has 0 N–H and O–H groups in total. The van der Waals surface area contributed by atoms with Crippen molar-refractivity contribution in [3.63, 3.8) is 0 Å². The van der Waals surface area contributed by atoms with Crippen LogP contribution in [0, 0.1) is 11.8 Å². The summed E-state index contributed by atoms with van der Waals surface area (Å²) in [5.74, 6) is 7.15. The highest BCUT2D eigenvalue weighted by Crippen LogP contribution is 2.21. The zero-order valence-corrected chi connectivity index (χ0v) is 12.5. The van der Waals surface area contributed by atoms with Crippen molar-refractivity contribution in [1.82, 2.24) is 14.8 Å². The first-order chi connectivity index (χ1) is 9.72. The van der Waals surface area contributed by atoms with E-state index in [1.165, 1.54) is 0 Å². The van der Waals surface area contributed by atoms with Gasteiger partial charge in [0.15, 0.2) is 11.4 Å². The highest BCUT2D eigenvalue weighted by Gasteiger charge is 2.03. The summed E-state index contributed by atoms with van der Waals surface area (Å²) >= 11 is 0. The van der Waals surface area contributed by atoms with Crippen molar-refractivity contribution in [2.45, 2.75) is 21.3 Å². The fourth-order valence-electron chi connectivity index (χ4n) is 1.40. The zero-order valence-electron chi connectivity index (χ0n) is 12.5. The van der Waals surface area contributed by atoms with Gasteiger partial charge in [0.05, 0.1) is 32.2 Å². The van der Waals surface area contributed by atoms with Crippen molar-refractivity contribution < 1.29 is 9.47 Å². The number of ether oxygens (including phenoxy) is 2. The third-order valence-corrected chi connectivity index (χ3v) is 2.31. The number of rotatable bonds is 2. The highest BCUT2D eigenvalue weighted by atomic mass is 16.5. The number of methoxy groups -OCH3 is 2. The van der Waals surface area contributed by atoms with Gasteiger partial charge in [-0.15, -0.1) is 0 Å². The summed E-state index contributed by atoms with van der Waals surface area (Å²) < 4.78 is 12.0. The minimum Gasteiger partial charge on any atom is -0.495 e. The topological polar surface area (TPSA) is 49.2 Å². The first kappa shape index (κ1) is 18.5. The van der Waals surface area contributed by atoms with Gasteiger partial charge in [-0.1, -0.05) is 27.2 Å². The van der Waals surface area contributed by atoms with Crippen LogP contribution in [-0.4, -0.2) is 29.0 Å². The van der Waals surface area contributed by atoms with Gasteiger partial charge in [-0.2, -0.15) is 5.10 Å². The lowest BCUT2D eigenvalue weighted by atomic mass is 10.3. The Morgan fingerprint density at radius 2 is 1.81 bits per heavy atom. The molecule has 2 heterocycles. The molecule has 0 atom stereocenters. The van der Waals surface area contributed by atoms with Crippen LogP contribution >= 0.6 is 0 Å². The van der Waals surface area contributed by atoms with E-state index >= 15 is 0 Å². The summed E-state index contributed by atoms with van der Waals surface area (Å²) in [5.41, 5.74) is 1.40. The van der Waals surface area contributed by atoms with E-state index in [1.807, 2.05) is 27.1 Å². The lowest BCUT2D eigenvalue weighted by molar-refractivity contribution is 0.390. The van der Waals surface area contributed by atoms with E-state index in [0.717, 1.165) is 5.56 Å². The second-order valence-electron chi connectivity index (χ2n) is 3.58. The van der Waals surface area contributed by atoms with Gasteiger partial charge in [0, 0.05) is 19.3 Å². The van der Waals surface area contributed by atoms with Gasteiger partial charge in [-0.25, -0.2) is 4.98 Å². The molecule has 0 aromatic carbocycles. The van der Waals surface area contributed by atoms with Crippen LogP contribution in [0.2, 0.25) is 0 Å². The molecule has 0 bridgehead atoms. The summed E-state index contributed by atoms with van der Waals surface area (Å²) in [7, 11) is 5.00. The lowest BCUT2D eigenvalue weighted by Gasteiger charge is -2.04. The third kappa shape index (κ3) is 5.19. The molecule has 2 aromatic rings. The summed E-state index contributed by atoms with van der Waals surface area (Å²) in [6, 6.07) is 1.75. The molecule has 5 nitrogen and oxygen atoms in total. The van der Waals surface area contributed by atoms with Crippen LogP contribution in [0.3, 0.4) is 0 Å². The molecule has 5 heteroatoms. The van der Waals surface area contributed by atoms with Crippen LogP contribution in [-0.2, 0) is 7.05 Å². The zero-order chi connectivity index (χ0) is 15.0. The van der Waals surface area contributed by atoms with E-state index in [4.69, 9.17) is 9.47 Å². The molecule has 0 spiro atoms. The fourth-order valence-corrected chi connectivity index (χ4v) is 1.40. The number of nitrogens with zero attached hydrogens (tertiary/aromatic N) is 3. The molecular formula is C16H23N3O2. The van der Waals surface area contributed by atoms with E-state index in [9.17, 15) is 0 Å². The number of hydrogen-bond acceptors (Lipinski definition) is 4. The van der Waals surface area contributed by atoms with E-state index in [2.05, 4.69) is 21.9 Å². The van der Waals surface area contributed by atoms with Crippen LogP contribution in [0.5, 0.6) is 11.5 Å². The maximum absolute atomic E-state index is 5.22. The SMILES string of the molecule is C.CC.COc1cnc(C#Cc2cnn(C)c2)c(OC)c1. The van der Waals surface area contributed by atoms with Gasteiger partial charge in [0.25, 0.3) is 0 Å².